The summed E-state index contributed by atoms with van der Waals surface area (Å²) in [6.07, 6.45) is 0. The fraction of sp³-hybridized carbons (Fsp3) is 0.0667. The summed E-state index contributed by atoms with van der Waals surface area (Å²) in [6, 6.07) is 10.6. The molecule has 0 saturated heterocycles. The molecule has 2 aromatic carbocycles. The number of carboxylic acid groups (broad SMARTS) is 1. The van der Waals surface area contributed by atoms with Crippen molar-refractivity contribution >= 4 is 17.0 Å². The van der Waals surface area contributed by atoms with Crippen LogP contribution in [0.3, 0.4) is 0 Å². The van der Waals surface area contributed by atoms with Crippen molar-refractivity contribution in [2.45, 2.75) is 6.54 Å². The van der Waals surface area contributed by atoms with Gasteiger partial charge in [-0.3, -0.25) is 4.79 Å². The van der Waals surface area contributed by atoms with Crippen LogP contribution in [0.5, 0.6) is 0 Å². The summed E-state index contributed by atoms with van der Waals surface area (Å²) >= 11 is 0. The second kappa shape index (κ2) is 4.97. The van der Waals surface area contributed by atoms with Gasteiger partial charge < -0.3 is 9.67 Å². The smallest absolute Gasteiger partial charge is 0.323 e. The summed E-state index contributed by atoms with van der Waals surface area (Å²) in [4.78, 5) is 15.3. The van der Waals surface area contributed by atoms with Crippen LogP contribution in [-0.4, -0.2) is 20.6 Å². The van der Waals surface area contributed by atoms with Gasteiger partial charge >= 0.3 is 5.97 Å². The Hall–Kier alpha value is -2.76. The number of fused-ring (bicyclic) bond motifs is 1. The van der Waals surface area contributed by atoms with Gasteiger partial charge in [-0.15, -0.1) is 0 Å². The van der Waals surface area contributed by atoms with E-state index in [0.29, 0.717) is 11.0 Å². The zero-order valence-corrected chi connectivity index (χ0v) is 10.8. The van der Waals surface area contributed by atoms with E-state index in [1.807, 2.05) is 0 Å². The largest absolute Gasteiger partial charge is 0.480 e. The maximum absolute atomic E-state index is 14.0. The molecule has 21 heavy (non-hydrogen) atoms. The summed E-state index contributed by atoms with van der Waals surface area (Å²) < 4.78 is 28.7. The number of aliphatic carboxylic acids is 1. The highest BCUT2D eigenvalue weighted by atomic mass is 19.2. The molecule has 1 heterocycles. The van der Waals surface area contributed by atoms with Crippen LogP contribution in [0.25, 0.3) is 22.4 Å². The lowest BCUT2D eigenvalue weighted by Gasteiger charge is -2.07. The van der Waals surface area contributed by atoms with Crippen LogP contribution in [0.4, 0.5) is 8.78 Å². The molecule has 0 amide bonds. The van der Waals surface area contributed by atoms with E-state index in [4.69, 9.17) is 5.11 Å². The summed E-state index contributed by atoms with van der Waals surface area (Å²) in [6.45, 7) is -0.383. The van der Waals surface area contributed by atoms with Crippen molar-refractivity contribution in [1.82, 2.24) is 9.55 Å². The van der Waals surface area contributed by atoms with E-state index < -0.39 is 17.6 Å². The SMILES string of the molecule is O=C(O)Cn1c(-c2cccc(F)c2F)nc2ccccc21. The normalized spacial score (nSPS) is 11.0. The van der Waals surface area contributed by atoms with Crippen molar-refractivity contribution in [2.24, 2.45) is 0 Å². The third kappa shape index (κ3) is 2.24. The van der Waals surface area contributed by atoms with Crippen LogP contribution in [0.1, 0.15) is 0 Å². The first-order valence-electron chi connectivity index (χ1n) is 6.19. The Kier molecular flexibility index (Phi) is 3.13. The molecule has 0 bridgehead atoms. The molecule has 0 unspecified atom stereocenters. The van der Waals surface area contributed by atoms with E-state index in [0.717, 1.165) is 6.07 Å². The second-order valence-electron chi connectivity index (χ2n) is 4.51. The third-order valence-corrected chi connectivity index (χ3v) is 3.14. The summed E-state index contributed by atoms with van der Waals surface area (Å²) in [7, 11) is 0. The van der Waals surface area contributed by atoms with Crippen LogP contribution in [0.2, 0.25) is 0 Å². The van der Waals surface area contributed by atoms with E-state index in [9.17, 15) is 13.6 Å². The lowest BCUT2D eigenvalue weighted by atomic mass is 10.2. The van der Waals surface area contributed by atoms with Crippen molar-refractivity contribution in [3.05, 3.63) is 54.1 Å². The number of benzene rings is 2. The zero-order valence-electron chi connectivity index (χ0n) is 10.8. The standard InChI is InChI=1S/C15H10F2N2O2/c16-10-5-3-4-9(14(10)17)15-18-11-6-1-2-7-12(11)19(15)8-13(20)21/h1-7H,8H2,(H,20,21). The average Bonchev–Trinajstić information content (AvgIpc) is 2.80. The first-order valence-corrected chi connectivity index (χ1v) is 6.19. The molecule has 4 nitrogen and oxygen atoms in total. The number of rotatable bonds is 3. The number of para-hydroxylation sites is 2. The number of carbonyl (C=O) groups is 1. The number of imidazole rings is 1. The lowest BCUT2D eigenvalue weighted by Crippen LogP contribution is -2.10. The number of hydrogen-bond acceptors (Lipinski definition) is 2. The van der Waals surface area contributed by atoms with Crippen molar-refractivity contribution < 1.29 is 18.7 Å². The molecule has 0 aliphatic heterocycles. The van der Waals surface area contributed by atoms with Crippen molar-refractivity contribution in [3.8, 4) is 11.4 Å². The van der Waals surface area contributed by atoms with Gasteiger partial charge in [-0.05, 0) is 24.3 Å². The molecule has 3 rings (SSSR count). The summed E-state index contributed by atoms with van der Waals surface area (Å²) in [5.74, 6) is -3.03. The zero-order chi connectivity index (χ0) is 15.0. The molecular weight excluding hydrogens is 278 g/mol. The minimum absolute atomic E-state index is 0.0625. The molecule has 0 aliphatic carbocycles. The van der Waals surface area contributed by atoms with Crippen molar-refractivity contribution in [2.75, 3.05) is 0 Å². The lowest BCUT2D eigenvalue weighted by molar-refractivity contribution is -0.137. The molecule has 0 saturated carbocycles. The predicted octanol–water partition coefficient (Wildman–Crippen LogP) is 3.07. The fourth-order valence-electron chi connectivity index (χ4n) is 2.25. The van der Waals surface area contributed by atoms with Gasteiger partial charge in [-0.1, -0.05) is 18.2 Å². The van der Waals surface area contributed by atoms with Gasteiger partial charge in [0.05, 0.1) is 16.6 Å². The van der Waals surface area contributed by atoms with Gasteiger partial charge in [0.15, 0.2) is 11.6 Å². The molecule has 6 heteroatoms. The molecule has 0 fully saturated rings. The summed E-state index contributed by atoms with van der Waals surface area (Å²) in [5, 5.41) is 9.02. The first-order chi connectivity index (χ1) is 10.1. The number of carboxylic acids is 1. The predicted molar refractivity (Wildman–Crippen MR) is 72.7 cm³/mol. The third-order valence-electron chi connectivity index (χ3n) is 3.14. The Morgan fingerprint density at radius 2 is 1.90 bits per heavy atom. The van der Waals surface area contributed by atoms with Crippen LogP contribution < -0.4 is 0 Å². The summed E-state index contributed by atoms with van der Waals surface area (Å²) in [5.41, 5.74) is 1.02. The van der Waals surface area contributed by atoms with Gasteiger partial charge in [0.1, 0.15) is 12.4 Å². The Balaban J connectivity index is 2.31. The molecule has 1 aromatic heterocycles. The van der Waals surface area contributed by atoms with Gasteiger partial charge in [0.25, 0.3) is 0 Å². The quantitative estimate of drug-likeness (QED) is 0.806. The Bertz CT molecular complexity index is 843. The highest BCUT2D eigenvalue weighted by Crippen LogP contribution is 2.27. The number of hydrogen-bond donors (Lipinski definition) is 1. The maximum atomic E-state index is 14.0. The molecule has 0 aliphatic rings. The Morgan fingerprint density at radius 3 is 2.67 bits per heavy atom. The molecule has 0 atom stereocenters. The molecular formula is C15H10F2N2O2. The van der Waals surface area contributed by atoms with Gasteiger partial charge in [-0.25, -0.2) is 13.8 Å². The highest BCUT2D eigenvalue weighted by Gasteiger charge is 2.19. The minimum Gasteiger partial charge on any atom is -0.480 e. The monoisotopic (exact) mass is 288 g/mol. The van der Waals surface area contributed by atoms with E-state index >= 15 is 0 Å². The number of halogens is 2. The topological polar surface area (TPSA) is 55.1 Å². The average molecular weight is 288 g/mol. The van der Waals surface area contributed by atoms with Crippen LogP contribution >= 0.6 is 0 Å². The second-order valence-corrected chi connectivity index (χ2v) is 4.51. The molecule has 0 spiro atoms. The molecule has 0 radical (unpaired) electrons. The van der Waals surface area contributed by atoms with Gasteiger partial charge in [-0.2, -0.15) is 0 Å². The van der Waals surface area contributed by atoms with Crippen LogP contribution in [0, 0.1) is 11.6 Å². The van der Waals surface area contributed by atoms with E-state index in [1.165, 1.54) is 16.7 Å². The molecule has 106 valence electrons. The molecule has 3 aromatic rings. The van der Waals surface area contributed by atoms with E-state index in [2.05, 4.69) is 4.98 Å². The number of nitrogens with zero attached hydrogens (tertiary/aromatic N) is 2. The maximum Gasteiger partial charge on any atom is 0.323 e. The first kappa shape index (κ1) is 13.2. The van der Waals surface area contributed by atoms with E-state index in [-0.39, 0.29) is 17.9 Å². The fourth-order valence-corrected chi connectivity index (χ4v) is 2.25. The van der Waals surface area contributed by atoms with Gasteiger partial charge in [0.2, 0.25) is 0 Å². The van der Waals surface area contributed by atoms with Gasteiger partial charge in [0, 0.05) is 0 Å². The van der Waals surface area contributed by atoms with Crippen LogP contribution in [-0.2, 0) is 11.3 Å². The molecule has 1 N–H and O–H groups in total. The highest BCUT2D eigenvalue weighted by molar-refractivity contribution is 5.82. The van der Waals surface area contributed by atoms with Crippen molar-refractivity contribution in [1.29, 1.82) is 0 Å². The van der Waals surface area contributed by atoms with Crippen molar-refractivity contribution in [3.63, 3.8) is 0 Å². The van der Waals surface area contributed by atoms with E-state index in [1.54, 1.807) is 24.3 Å². The Labute approximate surface area is 118 Å². The Morgan fingerprint density at radius 1 is 1.14 bits per heavy atom. The number of aromatic nitrogens is 2. The minimum atomic E-state index is -1.09. The van der Waals surface area contributed by atoms with Crippen LogP contribution in [0.15, 0.2) is 42.5 Å².